The minimum absolute atomic E-state index is 0.0860. The number of rotatable bonds is 5. The first-order valence-electron chi connectivity index (χ1n) is 8.38. The molecule has 0 spiro atoms. The summed E-state index contributed by atoms with van der Waals surface area (Å²) in [6.45, 7) is 8.89. The van der Waals surface area contributed by atoms with Crippen molar-refractivity contribution in [3.8, 4) is 0 Å². The lowest BCUT2D eigenvalue weighted by atomic mass is 9.98. The number of benzene rings is 1. The molecule has 0 bridgehead atoms. The molecule has 3 unspecified atom stereocenters. The summed E-state index contributed by atoms with van der Waals surface area (Å²) >= 11 is 0. The van der Waals surface area contributed by atoms with E-state index in [4.69, 9.17) is 4.74 Å². The SMILES string of the molecule is CCCn1nnnc1CN1C(C)COC(c2ccccc2)C1C. The number of hydrogen-bond acceptors (Lipinski definition) is 5. The minimum atomic E-state index is 0.0860. The highest BCUT2D eigenvalue weighted by molar-refractivity contribution is 5.19. The maximum absolute atomic E-state index is 6.12. The van der Waals surface area contributed by atoms with Crippen molar-refractivity contribution in [1.82, 2.24) is 25.1 Å². The van der Waals surface area contributed by atoms with Crippen LogP contribution >= 0.6 is 0 Å². The van der Waals surface area contributed by atoms with Crippen LogP contribution < -0.4 is 0 Å². The van der Waals surface area contributed by atoms with Gasteiger partial charge in [0.2, 0.25) is 0 Å². The zero-order valence-electron chi connectivity index (χ0n) is 14.1. The van der Waals surface area contributed by atoms with Crippen molar-refractivity contribution in [3.05, 3.63) is 41.7 Å². The third kappa shape index (κ3) is 3.43. The molecule has 1 aromatic heterocycles. The zero-order valence-corrected chi connectivity index (χ0v) is 14.1. The first-order chi connectivity index (χ1) is 11.2. The van der Waals surface area contributed by atoms with Gasteiger partial charge in [0.1, 0.15) is 0 Å². The van der Waals surface area contributed by atoms with E-state index < -0.39 is 0 Å². The summed E-state index contributed by atoms with van der Waals surface area (Å²) in [4.78, 5) is 2.44. The molecule has 1 aliphatic rings. The molecule has 3 rings (SSSR count). The third-order valence-corrected chi connectivity index (χ3v) is 4.54. The van der Waals surface area contributed by atoms with Gasteiger partial charge in [-0.15, -0.1) is 5.10 Å². The molecule has 1 aromatic carbocycles. The van der Waals surface area contributed by atoms with Gasteiger partial charge in [0.05, 0.1) is 19.3 Å². The summed E-state index contributed by atoms with van der Waals surface area (Å²) in [7, 11) is 0. The Hall–Kier alpha value is -1.79. The summed E-state index contributed by atoms with van der Waals surface area (Å²) in [6, 6.07) is 11.1. The molecule has 6 nitrogen and oxygen atoms in total. The van der Waals surface area contributed by atoms with E-state index in [1.807, 2.05) is 10.7 Å². The van der Waals surface area contributed by atoms with Gasteiger partial charge in [0.15, 0.2) is 5.82 Å². The van der Waals surface area contributed by atoms with Crippen LogP contribution in [0, 0.1) is 0 Å². The van der Waals surface area contributed by atoms with Crippen molar-refractivity contribution in [2.45, 2.75) is 58.5 Å². The van der Waals surface area contributed by atoms with Gasteiger partial charge < -0.3 is 4.74 Å². The topological polar surface area (TPSA) is 56.1 Å². The lowest BCUT2D eigenvalue weighted by Crippen LogP contribution is -2.50. The highest BCUT2D eigenvalue weighted by Gasteiger charge is 2.34. The lowest BCUT2D eigenvalue weighted by molar-refractivity contribution is -0.100. The van der Waals surface area contributed by atoms with Gasteiger partial charge in [-0.3, -0.25) is 4.90 Å². The van der Waals surface area contributed by atoms with Crippen molar-refractivity contribution in [3.63, 3.8) is 0 Å². The highest BCUT2D eigenvalue weighted by Crippen LogP contribution is 2.31. The molecule has 124 valence electrons. The molecule has 1 fully saturated rings. The fourth-order valence-corrected chi connectivity index (χ4v) is 3.26. The van der Waals surface area contributed by atoms with E-state index in [-0.39, 0.29) is 12.1 Å². The molecular weight excluding hydrogens is 290 g/mol. The number of ether oxygens (including phenoxy) is 1. The predicted octanol–water partition coefficient (Wildman–Crippen LogP) is 2.43. The summed E-state index contributed by atoms with van der Waals surface area (Å²) in [5, 5.41) is 12.1. The molecule has 0 amide bonds. The standard InChI is InChI=1S/C17H25N5O/c1-4-10-22-16(18-19-20-22)11-21-13(2)12-23-17(14(21)3)15-8-6-5-7-9-15/h5-9,13-14,17H,4,10-12H2,1-3H3. The van der Waals surface area contributed by atoms with E-state index in [0.717, 1.165) is 31.9 Å². The highest BCUT2D eigenvalue weighted by atomic mass is 16.5. The fraction of sp³-hybridized carbons (Fsp3) is 0.588. The van der Waals surface area contributed by atoms with E-state index in [9.17, 15) is 0 Å². The van der Waals surface area contributed by atoms with Crippen LogP contribution in [-0.2, 0) is 17.8 Å². The van der Waals surface area contributed by atoms with Crippen LogP contribution in [0.2, 0.25) is 0 Å². The first-order valence-corrected chi connectivity index (χ1v) is 8.38. The smallest absolute Gasteiger partial charge is 0.165 e. The quantitative estimate of drug-likeness (QED) is 0.848. The number of aryl methyl sites for hydroxylation is 1. The number of tetrazole rings is 1. The molecule has 3 atom stereocenters. The first kappa shape index (κ1) is 16.1. The second-order valence-electron chi connectivity index (χ2n) is 6.24. The Bertz CT molecular complexity index is 614. The van der Waals surface area contributed by atoms with Crippen LogP contribution in [0.4, 0.5) is 0 Å². The van der Waals surface area contributed by atoms with Crippen LogP contribution in [0.25, 0.3) is 0 Å². The largest absolute Gasteiger partial charge is 0.370 e. The van der Waals surface area contributed by atoms with Gasteiger partial charge >= 0.3 is 0 Å². The van der Waals surface area contributed by atoms with Crippen molar-refractivity contribution in [1.29, 1.82) is 0 Å². The van der Waals surface area contributed by atoms with E-state index in [1.54, 1.807) is 0 Å². The van der Waals surface area contributed by atoms with Gasteiger partial charge in [0.25, 0.3) is 0 Å². The Balaban J connectivity index is 1.78. The molecule has 2 aromatic rings. The Morgan fingerprint density at radius 1 is 1.22 bits per heavy atom. The van der Waals surface area contributed by atoms with Crippen molar-refractivity contribution in [2.75, 3.05) is 6.61 Å². The van der Waals surface area contributed by atoms with Gasteiger partial charge in [0, 0.05) is 18.6 Å². The molecule has 1 saturated heterocycles. The maximum Gasteiger partial charge on any atom is 0.165 e. The Labute approximate surface area is 137 Å². The summed E-state index contributed by atoms with van der Waals surface area (Å²) in [5.41, 5.74) is 1.23. The maximum atomic E-state index is 6.12. The summed E-state index contributed by atoms with van der Waals surface area (Å²) in [5.74, 6) is 0.930. The van der Waals surface area contributed by atoms with Gasteiger partial charge in [-0.1, -0.05) is 37.3 Å². The zero-order chi connectivity index (χ0) is 16.2. The van der Waals surface area contributed by atoms with Crippen LogP contribution in [0.5, 0.6) is 0 Å². The molecule has 1 aliphatic heterocycles. The number of nitrogens with zero attached hydrogens (tertiary/aromatic N) is 5. The molecular formula is C17H25N5O. The minimum Gasteiger partial charge on any atom is -0.370 e. The molecule has 0 saturated carbocycles. The Morgan fingerprint density at radius 2 is 2.00 bits per heavy atom. The normalized spacial score (nSPS) is 25.6. The molecule has 23 heavy (non-hydrogen) atoms. The van der Waals surface area contributed by atoms with Crippen molar-refractivity contribution >= 4 is 0 Å². The monoisotopic (exact) mass is 315 g/mol. The van der Waals surface area contributed by atoms with Crippen molar-refractivity contribution in [2.24, 2.45) is 0 Å². The Kier molecular flexibility index (Phi) is 5.03. The Morgan fingerprint density at radius 3 is 2.74 bits per heavy atom. The average molecular weight is 315 g/mol. The molecule has 0 aliphatic carbocycles. The van der Waals surface area contributed by atoms with Crippen LogP contribution in [0.15, 0.2) is 30.3 Å². The van der Waals surface area contributed by atoms with Gasteiger partial charge in [-0.2, -0.15) is 0 Å². The lowest BCUT2D eigenvalue weighted by Gasteiger charge is -2.43. The molecule has 0 N–H and O–H groups in total. The molecule has 2 heterocycles. The van der Waals surface area contributed by atoms with E-state index in [0.29, 0.717) is 6.04 Å². The van der Waals surface area contributed by atoms with Gasteiger partial charge in [-0.05, 0) is 36.3 Å². The predicted molar refractivity (Wildman–Crippen MR) is 87.7 cm³/mol. The number of aromatic nitrogens is 4. The van der Waals surface area contributed by atoms with E-state index >= 15 is 0 Å². The fourth-order valence-electron chi connectivity index (χ4n) is 3.26. The van der Waals surface area contributed by atoms with E-state index in [2.05, 4.69) is 65.5 Å². The average Bonchev–Trinajstić information content (AvgIpc) is 3.00. The molecule has 6 heteroatoms. The van der Waals surface area contributed by atoms with Gasteiger partial charge in [-0.25, -0.2) is 4.68 Å². The van der Waals surface area contributed by atoms with E-state index in [1.165, 1.54) is 5.56 Å². The van der Waals surface area contributed by atoms with Crippen LogP contribution in [0.1, 0.15) is 44.7 Å². The third-order valence-electron chi connectivity index (χ3n) is 4.54. The summed E-state index contributed by atoms with van der Waals surface area (Å²) < 4.78 is 8.02. The molecule has 0 radical (unpaired) electrons. The van der Waals surface area contributed by atoms with Crippen LogP contribution in [-0.4, -0.2) is 43.8 Å². The van der Waals surface area contributed by atoms with Crippen molar-refractivity contribution < 1.29 is 4.74 Å². The number of hydrogen-bond donors (Lipinski definition) is 0. The van der Waals surface area contributed by atoms with Crippen LogP contribution in [0.3, 0.4) is 0 Å². The number of morpholine rings is 1. The second kappa shape index (κ2) is 7.19. The summed E-state index contributed by atoms with van der Waals surface area (Å²) in [6.07, 6.45) is 1.11. The second-order valence-corrected chi connectivity index (χ2v) is 6.24.